The monoisotopic (exact) mass is 912 g/mol. The van der Waals surface area contributed by atoms with Gasteiger partial charge in [0.25, 0.3) is 0 Å². The number of hydrogen-bond acceptors (Lipinski definition) is 15. The van der Waals surface area contributed by atoms with Crippen LogP contribution in [0.1, 0.15) is 93.1 Å². The number of carboxylic acid groups (broad SMARTS) is 2. The summed E-state index contributed by atoms with van der Waals surface area (Å²) in [6, 6.07) is 5.46. The largest absolute Gasteiger partial charge is 0.550 e. The number of hydrogen-bond donors (Lipinski definition) is 12. The number of methoxy groups -OCH3 is 1. The van der Waals surface area contributed by atoms with Crippen molar-refractivity contribution in [2.45, 2.75) is 95.7 Å². The molecule has 12 N–H and O–H groups in total. The summed E-state index contributed by atoms with van der Waals surface area (Å²) >= 11 is 0. The summed E-state index contributed by atoms with van der Waals surface area (Å²) in [6.07, 6.45) is -1.57. The number of para-hydroxylation sites is 2. The molecule has 0 bridgehead atoms. The standard InChI is InChI=1S/C35H58N2O15P2.C3H4O4/c1-25(30-12-7-9-27(19-38)33(30)43)36(23-53(45,46)47)32(21-40)35(22-41,15-6-4-5-11-29(42)14-16-52-18-17-51-3)37(24-54(48,49)50)26(2)31-13-8-10-28(20-39)34(31)44;4-2(5)1-3(6)7/h7-10,12-13,25-26,32,38-41,43-44H,4-6,11,14-24H2,1-3H3,(H2,45,46,47)(H2,48,49,50);1H2,(H,4,5)(H,6,7). The number of phenols is 2. The number of aliphatic hydroxyl groups is 4. The van der Waals surface area contributed by atoms with Crippen molar-refractivity contribution in [1.29, 1.82) is 0 Å². The number of nitrogens with one attached hydrogen (secondary N) is 2. The topological polar surface area (TPSA) is 361 Å². The van der Waals surface area contributed by atoms with Gasteiger partial charge in [-0.1, -0.05) is 30.7 Å². The zero-order chi connectivity index (χ0) is 46.6. The van der Waals surface area contributed by atoms with Gasteiger partial charge in [0.2, 0.25) is 0 Å². The van der Waals surface area contributed by atoms with Gasteiger partial charge in [-0.2, -0.15) is 0 Å². The third kappa shape index (κ3) is 18.5. The summed E-state index contributed by atoms with van der Waals surface area (Å²) in [5, 5.41) is 83.2. The SMILES string of the molecule is COCCOCCC(=O)CCCCCC(CO)(C(CO)[NH+](CP(=O)(O)O)C(C)c1cccc(CO)c1O)[NH+](CP(=O)(O)O)C(C)c1cccc(CO)c1O.O=C([O-])CC(=O)[O-]. The van der Waals surface area contributed by atoms with Crippen LogP contribution >= 0.6 is 15.2 Å². The molecule has 0 saturated heterocycles. The van der Waals surface area contributed by atoms with Gasteiger partial charge < -0.3 is 89.3 Å². The number of carboxylic acids is 2. The second-order valence-corrected chi connectivity index (χ2v) is 17.9. The molecule has 61 heavy (non-hydrogen) atoms. The maximum absolute atomic E-state index is 12.9. The van der Waals surface area contributed by atoms with E-state index in [1.165, 1.54) is 57.4 Å². The van der Waals surface area contributed by atoms with E-state index >= 15 is 0 Å². The van der Waals surface area contributed by atoms with Crippen LogP contribution in [0.4, 0.5) is 0 Å². The summed E-state index contributed by atoms with van der Waals surface area (Å²) in [5.41, 5.74) is -1.26. The summed E-state index contributed by atoms with van der Waals surface area (Å²) in [7, 11) is -8.42. The second kappa shape index (κ2) is 27.0. The smallest absolute Gasteiger partial charge is 0.379 e. The van der Waals surface area contributed by atoms with Gasteiger partial charge in [-0.15, -0.1) is 0 Å². The Morgan fingerprint density at radius 2 is 1.26 bits per heavy atom. The molecule has 0 aromatic heterocycles. The van der Waals surface area contributed by atoms with Crippen molar-refractivity contribution in [1.82, 2.24) is 0 Å². The van der Waals surface area contributed by atoms with Gasteiger partial charge in [-0.3, -0.25) is 13.9 Å². The molecule has 2 aromatic rings. The highest BCUT2D eigenvalue weighted by Crippen LogP contribution is 2.37. The number of benzene rings is 2. The van der Waals surface area contributed by atoms with Gasteiger partial charge in [0.1, 0.15) is 42.6 Å². The van der Waals surface area contributed by atoms with E-state index in [0.717, 1.165) is 0 Å². The molecule has 6 atom stereocenters. The fraction of sp³-hybridized carbons (Fsp3) is 0.605. The molecule has 0 radical (unpaired) electrons. The molecule has 21 nitrogen and oxygen atoms in total. The maximum atomic E-state index is 12.9. The Bertz CT molecular complexity index is 1760. The Hall–Kier alpha value is -3.37. The minimum atomic E-state index is -4.99. The molecule has 2 aromatic carbocycles. The number of carbonyl (C=O) groups is 3. The number of quaternary nitrogens is 2. The Kier molecular flexibility index (Phi) is 24.6. The van der Waals surface area contributed by atoms with Crippen LogP contribution in [0.5, 0.6) is 11.5 Å². The van der Waals surface area contributed by atoms with Crippen LogP contribution in [0, 0.1) is 0 Å². The molecule has 0 aliphatic carbocycles. The van der Waals surface area contributed by atoms with Crippen molar-refractivity contribution in [2.24, 2.45) is 0 Å². The van der Waals surface area contributed by atoms with Gasteiger partial charge in [0, 0.05) is 55.9 Å². The maximum Gasteiger partial charge on any atom is 0.379 e. The molecule has 0 spiro atoms. The summed E-state index contributed by atoms with van der Waals surface area (Å²) in [4.78, 5) is 72.7. The van der Waals surface area contributed by atoms with Gasteiger partial charge in [-0.25, -0.2) is 0 Å². The lowest BCUT2D eigenvalue weighted by Gasteiger charge is -2.49. The number of aliphatic carboxylic acids is 2. The lowest BCUT2D eigenvalue weighted by molar-refractivity contribution is -1.03. The van der Waals surface area contributed by atoms with E-state index < -0.39 is 96.2 Å². The van der Waals surface area contributed by atoms with Gasteiger partial charge in [-0.05, 0) is 38.8 Å². The number of rotatable bonds is 29. The lowest BCUT2D eigenvalue weighted by Crippen LogP contribution is -3.30. The molecule has 0 aliphatic rings. The van der Waals surface area contributed by atoms with Crippen LogP contribution in [0.15, 0.2) is 36.4 Å². The van der Waals surface area contributed by atoms with E-state index in [9.17, 15) is 83.9 Å². The van der Waals surface area contributed by atoms with E-state index in [1.54, 1.807) is 0 Å². The number of ketones is 1. The normalized spacial score (nSPS) is 15.4. The van der Waals surface area contributed by atoms with E-state index in [4.69, 9.17) is 9.47 Å². The molecule has 23 heteroatoms. The molecular weight excluding hydrogens is 850 g/mol. The van der Waals surface area contributed by atoms with E-state index in [2.05, 4.69) is 0 Å². The summed E-state index contributed by atoms with van der Waals surface area (Å²) in [5.74, 6) is -4.01. The molecular formula is C38H62N2O19P2. The molecule has 0 fully saturated rings. The van der Waals surface area contributed by atoms with Crippen molar-refractivity contribution >= 4 is 32.9 Å². The predicted molar refractivity (Wildman–Crippen MR) is 211 cm³/mol. The Balaban J connectivity index is 0.00000243. The minimum absolute atomic E-state index is 0.0178. The minimum Gasteiger partial charge on any atom is -0.550 e. The van der Waals surface area contributed by atoms with Crippen LogP contribution in [0.25, 0.3) is 0 Å². The average molecular weight is 913 g/mol. The van der Waals surface area contributed by atoms with Crippen molar-refractivity contribution in [2.75, 3.05) is 52.7 Å². The number of ether oxygens (including phenoxy) is 2. The summed E-state index contributed by atoms with van der Waals surface area (Å²) in [6.45, 7) is 1.19. The second-order valence-electron chi connectivity index (χ2n) is 14.6. The number of Topliss-reactive ketones (excluding diaryl/α,β-unsaturated/α-hetero) is 1. The van der Waals surface area contributed by atoms with Crippen LogP contribution in [-0.4, -0.2) is 132 Å². The third-order valence-electron chi connectivity index (χ3n) is 10.5. The highest BCUT2D eigenvalue weighted by Gasteiger charge is 2.57. The first kappa shape index (κ1) is 55.6. The third-order valence-corrected chi connectivity index (χ3v) is 12.0. The molecule has 348 valence electrons. The first-order valence-corrected chi connectivity index (χ1v) is 23.0. The number of aromatic hydroxyl groups is 2. The Morgan fingerprint density at radius 3 is 1.69 bits per heavy atom. The highest BCUT2D eigenvalue weighted by atomic mass is 31.2. The molecule has 0 aliphatic heterocycles. The highest BCUT2D eigenvalue weighted by molar-refractivity contribution is 7.51. The lowest BCUT2D eigenvalue weighted by atomic mass is 9.80. The first-order chi connectivity index (χ1) is 28.5. The number of carbonyl (C=O) groups excluding carboxylic acids is 3. The van der Waals surface area contributed by atoms with Gasteiger partial charge >= 0.3 is 15.2 Å². The van der Waals surface area contributed by atoms with Gasteiger partial charge in [0.05, 0.1) is 44.2 Å². The molecule has 6 unspecified atom stereocenters. The fourth-order valence-electron chi connectivity index (χ4n) is 7.41. The Morgan fingerprint density at radius 1 is 0.738 bits per heavy atom. The molecule has 0 heterocycles. The zero-order valence-corrected chi connectivity index (χ0v) is 36.3. The van der Waals surface area contributed by atoms with E-state index in [1.807, 2.05) is 0 Å². The van der Waals surface area contributed by atoms with Crippen LogP contribution in [0.2, 0.25) is 0 Å². The average Bonchev–Trinajstić information content (AvgIpc) is 3.17. The molecule has 0 saturated carbocycles. The molecule has 0 amide bonds. The Labute approximate surface area is 354 Å². The van der Waals surface area contributed by atoms with Gasteiger partial charge in [0.15, 0.2) is 24.2 Å². The fourth-order valence-corrected chi connectivity index (χ4v) is 9.41. The molecule has 2 rings (SSSR count). The number of unbranched alkanes of at least 4 members (excludes halogenated alkanes) is 2. The van der Waals surface area contributed by atoms with E-state index in [0.29, 0.717) is 26.1 Å². The zero-order valence-electron chi connectivity index (χ0n) is 34.6. The first-order valence-electron chi connectivity index (χ1n) is 19.4. The van der Waals surface area contributed by atoms with Crippen LogP contribution in [-0.2, 0) is 46.2 Å². The van der Waals surface area contributed by atoms with Crippen LogP contribution in [0.3, 0.4) is 0 Å². The quantitative estimate of drug-likeness (QED) is 0.0214. The van der Waals surface area contributed by atoms with Crippen molar-refractivity contribution < 1.29 is 103 Å². The van der Waals surface area contributed by atoms with Crippen molar-refractivity contribution in [3.63, 3.8) is 0 Å². The van der Waals surface area contributed by atoms with Crippen LogP contribution < -0.4 is 20.0 Å². The van der Waals surface area contributed by atoms with Crippen molar-refractivity contribution in [3.05, 3.63) is 58.7 Å². The van der Waals surface area contributed by atoms with Crippen molar-refractivity contribution in [3.8, 4) is 11.5 Å². The predicted octanol–water partition coefficient (Wildman–Crippen LogP) is -3.51. The number of aliphatic hydroxyl groups excluding tert-OH is 4. The summed E-state index contributed by atoms with van der Waals surface area (Å²) < 4.78 is 36.0. The van der Waals surface area contributed by atoms with E-state index in [-0.39, 0.29) is 81.6 Å².